The molecule has 0 unspecified atom stereocenters. The van der Waals surface area contributed by atoms with Crippen molar-refractivity contribution in [2.24, 2.45) is 0 Å². The lowest BCUT2D eigenvalue weighted by molar-refractivity contribution is -0.137. The zero-order valence-electron chi connectivity index (χ0n) is 18.3. The molecule has 0 atom stereocenters. The molecule has 0 aliphatic carbocycles. The number of ether oxygens (including phenoxy) is 1. The predicted molar refractivity (Wildman–Crippen MR) is 129 cm³/mol. The maximum atomic E-state index is 13.2. The Morgan fingerprint density at radius 1 is 1.06 bits per heavy atom. The molecular formula is C26H21F3N2O2S. The van der Waals surface area contributed by atoms with Crippen LogP contribution in [0.5, 0.6) is 5.75 Å². The smallest absolute Gasteiger partial charge is 0.416 e. The van der Waals surface area contributed by atoms with Crippen molar-refractivity contribution in [1.29, 1.82) is 0 Å². The first-order valence-electron chi connectivity index (χ1n) is 10.6. The van der Waals surface area contributed by atoms with Crippen LogP contribution >= 0.6 is 11.3 Å². The minimum atomic E-state index is -4.45. The Balaban J connectivity index is 1.65. The molecule has 0 bridgehead atoms. The highest BCUT2D eigenvalue weighted by molar-refractivity contribution is 7.22. The summed E-state index contributed by atoms with van der Waals surface area (Å²) in [7, 11) is 0. The number of carbonyl (C=O) groups excluding carboxylic acids is 1. The van der Waals surface area contributed by atoms with Crippen LogP contribution in [0.25, 0.3) is 16.3 Å². The predicted octanol–water partition coefficient (Wildman–Crippen LogP) is 6.96. The molecule has 174 valence electrons. The first-order valence-corrected chi connectivity index (χ1v) is 11.4. The van der Waals surface area contributed by atoms with Crippen LogP contribution in [-0.2, 0) is 17.5 Å². The van der Waals surface area contributed by atoms with Gasteiger partial charge in [-0.25, -0.2) is 4.98 Å². The van der Waals surface area contributed by atoms with Crippen LogP contribution in [0.2, 0.25) is 0 Å². The number of fused-ring (bicyclic) bond motifs is 1. The number of hydrogen-bond donors (Lipinski definition) is 0. The van der Waals surface area contributed by atoms with Gasteiger partial charge in [0.05, 0.1) is 28.9 Å². The summed E-state index contributed by atoms with van der Waals surface area (Å²) in [4.78, 5) is 19.3. The molecule has 0 radical (unpaired) electrons. The molecule has 1 aromatic heterocycles. The summed E-state index contributed by atoms with van der Waals surface area (Å²) in [6.45, 7) is 2.71. The molecule has 0 saturated heterocycles. The number of aromatic nitrogens is 1. The molecule has 3 aromatic carbocycles. The van der Waals surface area contributed by atoms with Crippen LogP contribution in [0.4, 0.5) is 18.3 Å². The highest BCUT2D eigenvalue weighted by Crippen LogP contribution is 2.33. The molecule has 4 aromatic rings. The normalized spacial score (nSPS) is 11.8. The van der Waals surface area contributed by atoms with Crippen molar-refractivity contribution >= 4 is 38.7 Å². The molecule has 1 heterocycles. The molecule has 0 aliphatic heterocycles. The number of carbonyl (C=O) groups is 1. The topological polar surface area (TPSA) is 42.4 Å². The first kappa shape index (κ1) is 23.5. The Labute approximate surface area is 198 Å². The monoisotopic (exact) mass is 482 g/mol. The molecule has 0 fully saturated rings. The summed E-state index contributed by atoms with van der Waals surface area (Å²) in [5.41, 5.74) is 1.15. The lowest BCUT2D eigenvalue weighted by Gasteiger charge is -2.18. The molecular weight excluding hydrogens is 461 g/mol. The summed E-state index contributed by atoms with van der Waals surface area (Å²) in [5.74, 6) is 0.334. The Bertz CT molecular complexity index is 1320. The summed E-state index contributed by atoms with van der Waals surface area (Å²) >= 11 is 1.35. The number of hydrogen-bond acceptors (Lipinski definition) is 4. The third kappa shape index (κ3) is 5.63. The van der Waals surface area contributed by atoms with E-state index in [2.05, 4.69) is 4.98 Å². The van der Waals surface area contributed by atoms with Crippen LogP contribution in [0.1, 0.15) is 23.6 Å². The van der Waals surface area contributed by atoms with Crippen molar-refractivity contribution < 1.29 is 22.7 Å². The molecule has 0 aliphatic rings. The standard InChI is InChI=1S/C26H21F3N2O2S/c1-2-33-21-12-13-22-23(16-21)34-25(30-22)31(17-19-7-4-3-5-8-19)24(32)14-11-18-9-6-10-20(15-18)26(27,28)29/h3-16H,2,17H2,1H3. The number of halogens is 3. The molecule has 1 amide bonds. The van der Waals surface area contributed by atoms with Crippen LogP contribution in [-0.4, -0.2) is 17.5 Å². The van der Waals surface area contributed by atoms with Gasteiger partial charge in [0.15, 0.2) is 5.13 Å². The van der Waals surface area contributed by atoms with E-state index in [0.29, 0.717) is 11.7 Å². The van der Waals surface area contributed by atoms with Gasteiger partial charge in [-0.1, -0.05) is 53.8 Å². The van der Waals surface area contributed by atoms with E-state index < -0.39 is 11.7 Å². The fraction of sp³-hybridized carbons (Fsp3) is 0.154. The first-order chi connectivity index (χ1) is 16.3. The van der Waals surface area contributed by atoms with E-state index in [1.807, 2.05) is 55.5 Å². The highest BCUT2D eigenvalue weighted by Gasteiger charge is 2.30. The Morgan fingerprint density at radius 2 is 1.85 bits per heavy atom. The average molecular weight is 483 g/mol. The van der Waals surface area contributed by atoms with Gasteiger partial charge in [0.25, 0.3) is 5.91 Å². The Kier molecular flexibility index (Phi) is 6.98. The van der Waals surface area contributed by atoms with Gasteiger partial charge in [-0.2, -0.15) is 13.2 Å². The zero-order valence-corrected chi connectivity index (χ0v) is 19.1. The van der Waals surface area contributed by atoms with E-state index in [-0.39, 0.29) is 18.0 Å². The van der Waals surface area contributed by atoms with E-state index in [1.165, 1.54) is 40.5 Å². The number of alkyl halides is 3. The van der Waals surface area contributed by atoms with E-state index in [4.69, 9.17) is 4.74 Å². The van der Waals surface area contributed by atoms with Crippen LogP contribution < -0.4 is 9.64 Å². The van der Waals surface area contributed by atoms with Crippen molar-refractivity contribution in [1.82, 2.24) is 4.98 Å². The minimum absolute atomic E-state index is 0.269. The van der Waals surface area contributed by atoms with E-state index >= 15 is 0 Å². The van der Waals surface area contributed by atoms with Gasteiger partial charge in [0, 0.05) is 6.08 Å². The van der Waals surface area contributed by atoms with E-state index in [0.717, 1.165) is 33.7 Å². The molecule has 4 rings (SSSR count). The van der Waals surface area contributed by atoms with Gasteiger partial charge in [0.2, 0.25) is 0 Å². The Morgan fingerprint density at radius 3 is 2.59 bits per heavy atom. The fourth-order valence-corrected chi connectivity index (χ4v) is 4.35. The van der Waals surface area contributed by atoms with Crippen LogP contribution in [0.15, 0.2) is 78.9 Å². The van der Waals surface area contributed by atoms with Crippen LogP contribution in [0, 0.1) is 0 Å². The summed E-state index contributed by atoms with van der Waals surface area (Å²) in [5, 5.41) is 0.492. The number of amides is 1. The quantitative estimate of drug-likeness (QED) is 0.268. The Hall–Kier alpha value is -3.65. The van der Waals surface area contributed by atoms with E-state index in [1.54, 1.807) is 0 Å². The largest absolute Gasteiger partial charge is 0.494 e. The van der Waals surface area contributed by atoms with Crippen LogP contribution in [0.3, 0.4) is 0 Å². The van der Waals surface area contributed by atoms with Gasteiger partial charge in [0.1, 0.15) is 5.75 Å². The van der Waals surface area contributed by atoms with Gasteiger partial charge < -0.3 is 4.74 Å². The van der Waals surface area contributed by atoms with Crippen molar-refractivity contribution in [2.75, 3.05) is 11.5 Å². The lowest BCUT2D eigenvalue weighted by atomic mass is 10.1. The molecule has 0 N–H and O–H groups in total. The molecule has 8 heteroatoms. The average Bonchev–Trinajstić information content (AvgIpc) is 3.24. The number of nitrogens with zero attached hydrogens (tertiary/aromatic N) is 2. The van der Waals surface area contributed by atoms with Gasteiger partial charge in [-0.05, 0) is 54.5 Å². The van der Waals surface area contributed by atoms with Crippen molar-refractivity contribution in [3.8, 4) is 5.75 Å². The number of benzene rings is 3. The number of thiazole rings is 1. The van der Waals surface area contributed by atoms with E-state index in [9.17, 15) is 18.0 Å². The maximum absolute atomic E-state index is 13.2. The molecule has 4 nitrogen and oxygen atoms in total. The number of rotatable bonds is 7. The minimum Gasteiger partial charge on any atom is -0.494 e. The molecule has 34 heavy (non-hydrogen) atoms. The van der Waals surface area contributed by atoms with Gasteiger partial charge in [-0.15, -0.1) is 0 Å². The second-order valence-corrected chi connectivity index (χ2v) is 8.43. The van der Waals surface area contributed by atoms with Crippen molar-refractivity contribution in [2.45, 2.75) is 19.6 Å². The van der Waals surface area contributed by atoms with Gasteiger partial charge in [-0.3, -0.25) is 9.69 Å². The van der Waals surface area contributed by atoms with Crippen molar-refractivity contribution in [3.63, 3.8) is 0 Å². The maximum Gasteiger partial charge on any atom is 0.416 e. The van der Waals surface area contributed by atoms with Gasteiger partial charge >= 0.3 is 6.18 Å². The zero-order chi connectivity index (χ0) is 24.1. The van der Waals surface area contributed by atoms with Crippen molar-refractivity contribution in [3.05, 3.63) is 95.6 Å². The SMILES string of the molecule is CCOc1ccc2nc(N(Cc3ccccc3)C(=O)C=Cc3cccc(C(F)(F)F)c3)sc2c1. The number of anilines is 1. The summed E-state index contributed by atoms with van der Waals surface area (Å²) in [6, 6.07) is 19.8. The second-order valence-electron chi connectivity index (χ2n) is 7.43. The second kappa shape index (κ2) is 10.1. The molecule has 0 spiro atoms. The third-order valence-corrected chi connectivity index (χ3v) is 6.01. The fourth-order valence-electron chi connectivity index (χ4n) is 3.35. The summed E-state index contributed by atoms with van der Waals surface area (Å²) < 4.78 is 45.5. The molecule has 0 saturated carbocycles. The summed E-state index contributed by atoms with van der Waals surface area (Å²) in [6.07, 6.45) is -1.79. The highest BCUT2D eigenvalue weighted by atomic mass is 32.1. The third-order valence-electron chi connectivity index (χ3n) is 4.97. The lowest BCUT2D eigenvalue weighted by Crippen LogP contribution is -2.28.